The van der Waals surface area contributed by atoms with Crippen LogP contribution in [0.3, 0.4) is 0 Å². The molecule has 106 valence electrons. The van der Waals surface area contributed by atoms with Crippen LogP contribution in [0.1, 0.15) is 22.4 Å². The number of hydrogen-bond acceptors (Lipinski definition) is 2. The quantitative estimate of drug-likeness (QED) is 0.792. The monoisotopic (exact) mass is 289 g/mol. The highest BCUT2D eigenvalue weighted by Crippen LogP contribution is 2.27. The van der Waals surface area contributed by atoms with E-state index in [-0.39, 0.29) is 0 Å². The molecule has 0 N–H and O–H groups in total. The third kappa shape index (κ3) is 2.31. The molecule has 0 radical (unpaired) electrons. The van der Waals surface area contributed by atoms with Gasteiger partial charge in [0.15, 0.2) is 0 Å². The molecule has 0 unspecified atom stereocenters. The first-order chi connectivity index (χ1) is 9.70. The smallest absolute Gasteiger partial charge is 0.131 e. The van der Waals surface area contributed by atoms with E-state index in [1.807, 2.05) is 18.7 Å². The molecule has 1 aliphatic rings. The van der Waals surface area contributed by atoms with E-state index in [2.05, 4.69) is 34.3 Å². The molecule has 0 fully saturated rings. The van der Waals surface area contributed by atoms with Crippen molar-refractivity contribution in [2.24, 2.45) is 7.05 Å². The van der Waals surface area contributed by atoms with Crippen LogP contribution in [0.25, 0.3) is 0 Å². The van der Waals surface area contributed by atoms with Gasteiger partial charge in [0.25, 0.3) is 0 Å². The highest BCUT2D eigenvalue weighted by Gasteiger charge is 2.21. The van der Waals surface area contributed by atoms with E-state index in [9.17, 15) is 0 Å². The number of anilines is 1. The van der Waals surface area contributed by atoms with Crippen LogP contribution in [-0.2, 0) is 25.8 Å². The van der Waals surface area contributed by atoms with Gasteiger partial charge in [0.05, 0.1) is 11.6 Å². The fourth-order valence-electron chi connectivity index (χ4n) is 3.12. The number of nitrogens with zero attached hydrogens (tertiary/aromatic N) is 3. The first-order valence-corrected chi connectivity index (χ1v) is 7.64. The molecule has 2 heterocycles. The summed E-state index contributed by atoms with van der Waals surface area (Å²) in [6.07, 6.45) is 2.17. The maximum atomic E-state index is 6.12. The number of hydrogen-bond donors (Lipinski definition) is 0. The minimum absolute atomic E-state index is 0.526. The van der Waals surface area contributed by atoms with E-state index < -0.39 is 0 Å². The molecular weight excluding hydrogens is 270 g/mol. The lowest BCUT2D eigenvalue weighted by molar-refractivity contribution is 0.699. The molecule has 0 aliphatic carbocycles. The standard InChI is InChI=1S/C16H20ClN3/c1-12-15(11-17)16(19(2)18-12)20-9-7-13-5-3-4-6-14(13)8-10-20/h3-6H,7-11H2,1-2H3. The Kier molecular flexibility index (Phi) is 3.70. The predicted molar refractivity (Wildman–Crippen MR) is 83.6 cm³/mol. The summed E-state index contributed by atoms with van der Waals surface area (Å²) in [7, 11) is 2.01. The Morgan fingerprint density at radius 1 is 1.15 bits per heavy atom. The molecule has 0 saturated heterocycles. The van der Waals surface area contributed by atoms with Gasteiger partial charge >= 0.3 is 0 Å². The fraction of sp³-hybridized carbons (Fsp3) is 0.438. The molecule has 1 aromatic heterocycles. The van der Waals surface area contributed by atoms with E-state index in [4.69, 9.17) is 11.6 Å². The summed E-state index contributed by atoms with van der Waals surface area (Å²) in [6.45, 7) is 4.09. The second-order valence-electron chi connectivity index (χ2n) is 5.40. The average molecular weight is 290 g/mol. The lowest BCUT2D eigenvalue weighted by Crippen LogP contribution is -2.28. The van der Waals surface area contributed by atoms with Crippen LogP contribution in [0, 0.1) is 6.92 Å². The Morgan fingerprint density at radius 2 is 1.75 bits per heavy atom. The summed E-state index contributed by atoms with van der Waals surface area (Å²) in [5, 5.41) is 4.53. The average Bonchev–Trinajstić information content (AvgIpc) is 2.63. The van der Waals surface area contributed by atoms with Gasteiger partial charge in [0.2, 0.25) is 0 Å². The summed E-state index contributed by atoms with van der Waals surface area (Å²) in [5.41, 5.74) is 5.15. The first kappa shape index (κ1) is 13.5. The molecule has 0 atom stereocenters. The summed E-state index contributed by atoms with van der Waals surface area (Å²) in [4.78, 5) is 2.43. The first-order valence-electron chi connectivity index (χ1n) is 7.11. The van der Waals surface area contributed by atoms with E-state index in [0.717, 1.165) is 31.6 Å². The number of fused-ring (bicyclic) bond motifs is 1. The third-order valence-corrected chi connectivity index (χ3v) is 4.43. The minimum atomic E-state index is 0.526. The SMILES string of the molecule is Cc1nn(C)c(N2CCc3ccccc3CC2)c1CCl. The molecule has 0 bridgehead atoms. The van der Waals surface area contributed by atoms with Crippen molar-refractivity contribution >= 4 is 17.4 Å². The zero-order valence-corrected chi connectivity index (χ0v) is 12.8. The molecule has 3 nitrogen and oxygen atoms in total. The second kappa shape index (κ2) is 5.49. The lowest BCUT2D eigenvalue weighted by atomic mass is 10.0. The number of halogens is 1. The van der Waals surface area contributed by atoms with Crippen LogP contribution in [0.5, 0.6) is 0 Å². The minimum Gasteiger partial charge on any atom is -0.356 e. The lowest BCUT2D eigenvalue weighted by Gasteiger charge is -2.23. The summed E-state index contributed by atoms with van der Waals surface area (Å²) >= 11 is 6.12. The van der Waals surface area contributed by atoms with Crippen LogP contribution in [0.15, 0.2) is 24.3 Å². The van der Waals surface area contributed by atoms with E-state index in [0.29, 0.717) is 5.88 Å². The normalized spacial score (nSPS) is 15.1. The third-order valence-electron chi connectivity index (χ3n) is 4.17. The molecule has 3 rings (SSSR count). The Balaban J connectivity index is 1.91. The van der Waals surface area contributed by atoms with Crippen LogP contribution >= 0.6 is 11.6 Å². The number of alkyl halides is 1. The topological polar surface area (TPSA) is 21.1 Å². The Labute approximate surface area is 125 Å². The summed E-state index contributed by atoms with van der Waals surface area (Å²) < 4.78 is 1.98. The Morgan fingerprint density at radius 3 is 2.30 bits per heavy atom. The van der Waals surface area contributed by atoms with Gasteiger partial charge in [-0.25, -0.2) is 0 Å². The maximum Gasteiger partial charge on any atom is 0.131 e. The van der Waals surface area contributed by atoms with Crippen molar-refractivity contribution in [3.05, 3.63) is 46.6 Å². The van der Waals surface area contributed by atoms with Gasteiger partial charge < -0.3 is 4.90 Å². The van der Waals surface area contributed by atoms with Gasteiger partial charge in [0.1, 0.15) is 5.82 Å². The molecule has 0 amide bonds. The molecule has 0 saturated carbocycles. The van der Waals surface area contributed by atoms with E-state index in [1.165, 1.54) is 22.5 Å². The van der Waals surface area contributed by atoms with Gasteiger partial charge in [-0.2, -0.15) is 5.10 Å². The molecule has 20 heavy (non-hydrogen) atoms. The fourth-order valence-corrected chi connectivity index (χ4v) is 3.43. The Bertz CT molecular complexity index is 591. The zero-order valence-electron chi connectivity index (χ0n) is 12.1. The highest BCUT2D eigenvalue weighted by molar-refractivity contribution is 6.17. The van der Waals surface area contributed by atoms with Crippen molar-refractivity contribution in [3.8, 4) is 0 Å². The van der Waals surface area contributed by atoms with Gasteiger partial charge in [-0.05, 0) is 30.9 Å². The molecule has 4 heteroatoms. The van der Waals surface area contributed by atoms with Gasteiger partial charge in [-0.1, -0.05) is 24.3 Å². The van der Waals surface area contributed by atoms with Crippen molar-refractivity contribution < 1.29 is 0 Å². The molecule has 1 aromatic carbocycles. The predicted octanol–water partition coefficient (Wildman–Crippen LogP) is 3.07. The van der Waals surface area contributed by atoms with Crippen molar-refractivity contribution in [2.75, 3.05) is 18.0 Å². The number of benzene rings is 1. The zero-order chi connectivity index (χ0) is 14.1. The highest BCUT2D eigenvalue weighted by atomic mass is 35.5. The Hall–Kier alpha value is -1.48. The van der Waals surface area contributed by atoms with Crippen LogP contribution in [0.2, 0.25) is 0 Å². The summed E-state index contributed by atoms with van der Waals surface area (Å²) in [5.74, 6) is 1.71. The van der Waals surface area contributed by atoms with Crippen LogP contribution < -0.4 is 4.90 Å². The van der Waals surface area contributed by atoms with Crippen LogP contribution in [-0.4, -0.2) is 22.9 Å². The number of rotatable bonds is 2. The number of aromatic nitrogens is 2. The molecule has 0 spiro atoms. The molecular formula is C16H20ClN3. The van der Waals surface area contributed by atoms with Gasteiger partial charge in [0, 0.05) is 25.7 Å². The van der Waals surface area contributed by atoms with Crippen LogP contribution in [0.4, 0.5) is 5.82 Å². The van der Waals surface area contributed by atoms with Gasteiger partial charge in [-0.3, -0.25) is 4.68 Å². The largest absolute Gasteiger partial charge is 0.356 e. The molecule has 1 aliphatic heterocycles. The van der Waals surface area contributed by atoms with Crippen molar-refractivity contribution in [3.63, 3.8) is 0 Å². The van der Waals surface area contributed by atoms with Crippen molar-refractivity contribution in [1.29, 1.82) is 0 Å². The maximum absolute atomic E-state index is 6.12. The number of aryl methyl sites for hydroxylation is 2. The molecule has 2 aromatic rings. The van der Waals surface area contributed by atoms with Crippen molar-refractivity contribution in [1.82, 2.24) is 9.78 Å². The van der Waals surface area contributed by atoms with E-state index in [1.54, 1.807) is 0 Å². The summed E-state index contributed by atoms with van der Waals surface area (Å²) in [6, 6.07) is 8.76. The van der Waals surface area contributed by atoms with Gasteiger partial charge in [-0.15, -0.1) is 11.6 Å². The second-order valence-corrected chi connectivity index (χ2v) is 5.67. The van der Waals surface area contributed by atoms with E-state index >= 15 is 0 Å². The van der Waals surface area contributed by atoms with Crippen molar-refractivity contribution in [2.45, 2.75) is 25.6 Å².